The molecule has 1 saturated heterocycles. The highest BCUT2D eigenvalue weighted by molar-refractivity contribution is 5.80. The first-order valence-corrected chi connectivity index (χ1v) is 10.4. The zero-order valence-electron chi connectivity index (χ0n) is 17.3. The lowest BCUT2D eigenvalue weighted by Crippen LogP contribution is -2.74. The molecule has 29 heavy (non-hydrogen) atoms. The molecule has 2 heterocycles. The number of hydrogen-bond donors (Lipinski definition) is 2. The monoisotopic (exact) mass is 406 g/mol. The van der Waals surface area contributed by atoms with Gasteiger partial charge in [0.1, 0.15) is 23.9 Å². The summed E-state index contributed by atoms with van der Waals surface area (Å²) >= 11 is 0. The molecule has 1 aromatic heterocycles. The van der Waals surface area contributed by atoms with Crippen molar-refractivity contribution in [2.45, 2.75) is 76.6 Å². The van der Waals surface area contributed by atoms with Gasteiger partial charge in [0.15, 0.2) is 0 Å². The molecular formula is C22H30O7. The van der Waals surface area contributed by atoms with Crippen LogP contribution in [0.2, 0.25) is 0 Å². The Kier molecular flexibility index (Phi) is 4.63. The number of carbonyl (C=O) groups excluding carboxylic acids is 2. The van der Waals surface area contributed by atoms with Crippen molar-refractivity contribution < 1.29 is 33.7 Å². The van der Waals surface area contributed by atoms with E-state index in [0.717, 1.165) is 12.0 Å². The van der Waals surface area contributed by atoms with Crippen LogP contribution in [0.5, 0.6) is 0 Å². The number of aliphatic hydroxyl groups is 2. The molecule has 1 aromatic rings. The van der Waals surface area contributed by atoms with E-state index in [0.29, 0.717) is 19.3 Å². The summed E-state index contributed by atoms with van der Waals surface area (Å²) < 4.78 is 16.1. The summed E-state index contributed by atoms with van der Waals surface area (Å²) in [5.41, 5.74) is -3.82. The summed E-state index contributed by atoms with van der Waals surface area (Å²) in [5.74, 6) is -0.990. The van der Waals surface area contributed by atoms with Gasteiger partial charge >= 0.3 is 11.9 Å². The summed E-state index contributed by atoms with van der Waals surface area (Å²) in [6, 6.07) is 1.83. The molecule has 3 aliphatic rings. The predicted molar refractivity (Wildman–Crippen MR) is 102 cm³/mol. The predicted octanol–water partition coefficient (Wildman–Crippen LogP) is 2.38. The SMILES string of the molecule is CC(=O)OC[C@]1(O)C[C@H]2OC(=O)[C@@]3(C)CCC[C@@](C)([C@@H]23)[C@@]1(O)CCc1ccoc1. The molecule has 0 unspecified atom stereocenters. The van der Waals surface area contributed by atoms with E-state index in [9.17, 15) is 19.8 Å². The minimum absolute atomic E-state index is 0.0454. The summed E-state index contributed by atoms with van der Waals surface area (Å²) in [6.07, 6.45) is 5.61. The van der Waals surface area contributed by atoms with Gasteiger partial charge in [-0.3, -0.25) is 9.59 Å². The van der Waals surface area contributed by atoms with E-state index in [1.807, 2.05) is 19.9 Å². The topological polar surface area (TPSA) is 106 Å². The largest absolute Gasteiger partial charge is 0.472 e. The van der Waals surface area contributed by atoms with Crippen molar-refractivity contribution in [1.82, 2.24) is 0 Å². The average molecular weight is 406 g/mol. The first-order valence-electron chi connectivity index (χ1n) is 10.4. The molecule has 7 heteroatoms. The molecule has 1 aliphatic heterocycles. The lowest BCUT2D eigenvalue weighted by atomic mass is 9.42. The van der Waals surface area contributed by atoms with Gasteiger partial charge in [-0.1, -0.05) is 13.3 Å². The minimum Gasteiger partial charge on any atom is -0.472 e. The molecular weight excluding hydrogens is 376 g/mol. The van der Waals surface area contributed by atoms with Crippen molar-refractivity contribution in [2.24, 2.45) is 16.7 Å². The van der Waals surface area contributed by atoms with Crippen LogP contribution < -0.4 is 0 Å². The third kappa shape index (κ3) is 2.77. The van der Waals surface area contributed by atoms with Crippen LogP contribution >= 0.6 is 0 Å². The molecule has 0 aromatic carbocycles. The first kappa shape index (κ1) is 20.4. The van der Waals surface area contributed by atoms with Crippen LogP contribution in [0.15, 0.2) is 23.0 Å². The molecule has 4 rings (SSSR count). The Bertz CT molecular complexity index is 804. The van der Waals surface area contributed by atoms with E-state index in [-0.39, 0.29) is 31.3 Å². The number of hydrogen-bond acceptors (Lipinski definition) is 7. The molecule has 6 atom stereocenters. The molecule has 2 N–H and O–H groups in total. The van der Waals surface area contributed by atoms with Gasteiger partial charge in [0.2, 0.25) is 0 Å². The molecule has 3 fully saturated rings. The fourth-order valence-corrected chi connectivity index (χ4v) is 6.56. The quantitative estimate of drug-likeness (QED) is 0.723. The van der Waals surface area contributed by atoms with Crippen LogP contribution in [0.3, 0.4) is 0 Å². The zero-order chi connectivity index (χ0) is 21.1. The summed E-state index contributed by atoms with van der Waals surface area (Å²) in [5, 5.41) is 23.9. The number of rotatable bonds is 5. The van der Waals surface area contributed by atoms with Crippen molar-refractivity contribution in [3.8, 4) is 0 Å². The van der Waals surface area contributed by atoms with Gasteiger partial charge in [-0.25, -0.2) is 0 Å². The Morgan fingerprint density at radius 1 is 1.31 bits per heavy atom. The second kappa shape index (κ2) is 6.57. The van der Waals surface area contributed by atoms with Gasteiger partial charge < -0.3 is 24.1 Å². The van der Waals surface area contributed by atoms with E-state index >= 15 is 0 Å². The molecule has 0 radical (unpaired) electrons. The smallest absolute Gasteiger partial charge is 0.312 e. The van der Waals surface area contributed by atoms with Gasteiger partial charge in [-0.2, -0.15) is 0 Å². The molecule has 7 nitrogen and oxygen atoms in total. The highest BCUT2D eigenvalue weighted by Gasteiger charge is 2.75. The summed E-state index contributed by atoms with van der Waals surface area (Å²) in [7, 11) is 0. The normalized spacial score (nSPS) is 43.6. The van der Waals surface area contributed by atoms with Gasteiger partial charge in [0.25, 0.3) is 0 Å². The summed E-state index contributed by atoms with van der Waals surface area (Å²) in [6.45, 7) is 4.81. The lowest BCUT2D eigenvalue weighted by molar-refractivity contribution is -0.296. The van der Waals surface area contributed by atoms with E-state index in [2.05, 4.69) is 0 Å². The number of aryl methyl sites for hydroxylation is 1. The summed E-state index contributed by atoms with van der Waals surface area (Å²) in [4.78, 5) is 24.3. The lowest BCUT2D eigenvalue weighted by Gasteiger charge is -2.64. The van der Waals surface area contributed by atoms with Crippen molar-refractivity contribution >= 4 is 11.9 Å². The van der Waals surface area contributed by atoms with Gasteiger partial charge in [-0.15, -0.1) is 0 Å². The molecule has 0 spiro atoms. The van der Waals surface area contributed by atoms with Crippen molar-refractivity contribution in [3.63, 3.8) is 0 Å². The standard InChI is InChI=1S/C22H30O7/c1-14(23)28-13-21(25)11-16-17-19(2,18(24)29-16)7-4-8-20(17,3)22(21,26)9-5-15-6-10-27-12-15/h6,10,12,16-17,25-26H,4-5,7-9,11,13H2,1-3H3/t16-,17+,19+,20+,21-,22+/m1/s1. The Morgan fingerprint density at radius 3 is 2.72 bits per heavy atom. The highest BCUT2D eigenvalue weighted by Crippen LogP contribution is 2.67. The van der Waals surface area contributed by atoms with Gasteiger partial charge in [-0.05, 0) is 44.2 Å². The van der Waals surface area contributed by atoms with Crippen LogP contribution in [0.25, 0.3) is 0 Å². The average Bonchev–Trinajstić information content (AvgIpc) is 3.24. The van der Waals surface area contributed by atoms with E-state index in [1.165, 1.54) is 6.92 Å². The van der Waals surface area contributed by atoms with E-state index in [4.69, 9.17) is 13.9 Å². The third-order valence-corrected chi connectivity index (χ3v) is 7.98. The fourth-order valence-electron chi connectivity index (χ4n) is 6.56. The van der Waals surface area contributed by atoms with Crippen LogP contribution in [-0.4, -0.2) is 46.1 Å². The number of carbonyl (C=O) groups is 2. The maximum atomic E-state index is 12.8. The van der Waals surface area contributed by atoms with Crippen LogP contribution in [-0.2, 0) is 25.5 Å². The van der Waals surface area contributed by atoms with Gasteiger partial charge in [0, 0.05) is 24.7 Å². The molecule has 160 valence electrons. The number of esters is 2. The Hall–Kier alpha value is -1.86. The fraction of sp³-hybridized carbons (Fsp3) is 0.727. The molecule has 2 aliphatic carbocycles. The minimum atomic E-state index is -1.72. The Labute approximate surface area is 170 Å². The maximum Gasteiger partial charge on any atom is 0.312 e. The Morgan fingerprint density at radius 2 is 2.07 bits per heavy atom. The maximum absolute atomic E-state index is 12.8. The van der Waals surface area contributed by atoms with E-state index in [1.54, 1.807) is 12.5 Å². The molecule has 0 bridgehead atoms. The van der Waals surface area contributed by atoms with Crippen molar-refractivity contribution in [2.75, 3.05) is 6.61 Å². The van der Waals surface area contributed by atoms with Gasteiger partial charge in [0.05, 0.1) is 17.9 Å². The van der Waals surface area contributed by atoms with Crippen molar-refractivity contribution in [3.05, 3.63) is 24.2 Å². The van der Waals surface area contributed by atoms with Crippen LogP contribution in [0, 0.1) is 16.7 Å². The zero-order valence-corrected chi connectivity index (χ0v) is 17.3. The molecule has 0 amide bonds. The van der Waals surface area contributed by atoms with Crippen LogP contribution in [0.4, 0.5) is 0 Å². The van der Waals surface area contributed by atoms with Crippen LogP contribution in [0.1, 0.15) is 58.4 Å². The van der Waals surface area contributed by atoms with E-state index < -0.39 is 34.1 Å². The second-order valence-corrected chi connectivity index (χ2v) is 9.62. The number of ether oxygens (including phenoxy) is 2. The highest BCUT2D eigenvalue weighted by atomic mass is 16.6. The molecule has 2 saturated carbocycles. The Balaban J connectivity index is 1.77. The van der Waals surface area contributed by atoms with Crippen molar-refractivity contribution in [1.29, 1.82) is 0 Å². The second-order valence-electron chi connectivity index (χ2n) is 9.62. The number of furan rings is 1. The third-order valence-electron chi connectivity index (χ3n) is 7.98. The first-order chi connectivity index (χ1) is 13.6.